The van der Waals surface area contributed by atoms with E-state index in [1.807, 2.05) is 0 Å². The van der Waals surface area contributed by atoms with Crippen LogP contribution in [0.3, 0.4) is 0 Å². The summed E-state index contributed by atoms with van der Waals surface area (Å²) in [5.41, 5.74) is 14.9. The lowest BCUT2D eigenvalue weighted by atomic mass is 9.96. The van der Waals surface area contributed by atoms with Crippen molar-refractivity contribution in [2.24, 2.45) is 58.8 Å². The Kier molecular flexibility index (Phi) is 51.1. The molecule has 0 radical (unpaired) electrons. The summed E-state index contributed by atoms with van der Waals surface area (Å²) in [6.07, 6.45) is 12.6. The molecule has 1 atom stereocenters. The van der Waals surface area contributed by atoms with E-state index in [2.05, 4.69) is 198 Å². The number of nitrogens with two attached hydrogens (primary N) is 2. The third kappa shape index (κ3) is 63.7. The molecular weight excluding hydrogens is 679 g/mol. The van der Waals surface area contributed by atoms with E-state index in [0.717, 1.165) is 60.4 Å². The number of aryl methyl sites for hydroxylation is 1. The smallest absolute Gasteiger partial charge is 0.0885 e. The van der Waals surface area contributed by atoms with Crippen LogP contribution in [0.4, 0.5) is 0 Å². The highest BCUT2D eigenvalue weighted by molar-refractivity contribution is 5.21. The van der Waals surface area contributed by atoms with Crippen molar-refractivity contribution >= 4 is 0 Å². The largest absolute Gasteiger partial charge is 0.386 e. The Bertz CT molecular complexity index is 997. The quantitative estimate of drug-likeness (QED) is 0.140. The second kappa shape index (κ2) is 45.4. The molecule has 0 saturated carbocycles. The first-order chi connectivity index (χ1) is 26.1. The zero-order valence-electron chi connectivity index (χ0n) is 41.7. The molecule has 0 aliphatic carbocycles. The minimum absolute atomic E-state index is 0.573. The molecule has 1 unspecified atom stereocenters. The molecule has 332 valence electrons. The van der Waals surface area contributed by atoms with Crippen LogP contribution in [0.2, 0.25) is 0 Å². The summed E-state index contributed by atoms with van der Waals surface area (Å²) in [5, 5.41) is 2.98. The molecule has 2 aromatic rings. The summed E-state index contributed by atoms with van der Waals surface area (Å²) in [7, 11) is 0. The van der Waals surface area contributed by atoms with E-state index >= 15 is 0 Å². The van der Waals surface area contributed by atoms with Crippen molar-refractivity contribution in [2.45, 2.75) is 196 Å². The SMILES string of the molecule is C=C(N)NCCCC(C)C.CC(C)CC(C)C.CC(C)CCCCN.CC(C)Cc1ccccc1.CCC.CCC(C)C(C)C.Cc1ccc(CC(C)C)cc1. The summed E-state index contributed by atoms with van der Waals surface area (Å²) in [6.45, 7) is 47.8. The molecule has 2 aromatic carbocycles. The molecule has 0 amide bonds. The van der Waals surface area contributed by atoms with Crippen LogP contribution >= 0.6 is 0 Å². The molecule has 5 N–H and O–H groups in total. The van der Waals surface area contributed by atoms with Crippen molar-refractivity contribution in [3.05, 3.63) is 83.7 Å². The Balaban J connectivity index is -0.000000185. The van der Waals surface area contributed by atoms with Crippen LogP contribution < -0.4 is 16.8 Å². The van der Waals surface area contributed by atoms with Gasteiger partial charge in [0.15, 0.2) is 0 Å². The monoisotopic (exact) mass is 784 g/mol. The lowest BCUT2D eigenvalue weighted by molar-refractivity contribution is 0.407. The van der Waals surface area contributed by atoms with Gasteiger partial charge in [-0.3, -0.25) is 0 Å². The van der Waals surface area contributed by atoms with Crippen LogP contribution in [0, 0.1) is 54.3 Å². The van der Waals surface area contributed by atoms with Gasteiger partial charge in [0.05, 0.1) is 5.82 Å². The minimum atomic E-state index is 0.573. The van der Waals surface area contributed by atoms with Crippen molar-refractivity contribution in [1.82, 2.24) is 5.32 Å². The Hall–Kier alpha value is -2.26. The van der Waals surface area contributed by atoms with Crippen LogP contribution in [0.15, 0.2) is 67.0 Å². The van der Waals surface area contributed by atoms with Gasteiger partial charge in [-0.2, -0.15) is 0 Å². The summed E-state index contributed by atoms with van der Waals surface area (Å²) >= 11 is 0. The summed E-state index contributed by atoms with van der Waals surface area (Å²) < 4.78 is 0. The van der Waals surface area contributed by atoms with E-state index in [0.29, 0.717) is 5.82 Å². The molecule has 3 nitrogen and oxygen atoms in total. The maximum absolute atomic E-state index is 5.31. The predicted octanol–water partition coefficient (Wildman–Crippen LogP) is 16.1. The topological polar surface area (TPSA) is 64.1 Å². The second-order valence-corrected chi connectivity index (χ2v) is 18.7. The predicted molar refractivity (Wildman–Crippen MR) is 262 cm³/mol. The molecule has 0 saturated heterocycles. The summed E-state index contributed by atoms with van der Waals surface area (Å²) in [6, 6.07) is 19.4. The number of benzene rings is 2. The van der Waals surface area contributed by atoms with E-state index in [1.165, 1.54) is 80.9 Å². The van der Waals surface area contributed by atoms with Crippen LogP contribution in [0.25, 0.3) is 0 Å². The lowest BCUT2D eigenvalue weighted by Crippen LogP contribution is -2.19. The van der Waals surface area contributed by atoms with E-state index < -0.39 is 0 Å². The molecule has 2 rings (SSSR count). The van der Waals surface area contributed by atoms with Gasteiger partial charge < -0.3 is 16.8 Å². The highest BCUT2D eigenvalue weighted by Crippen LogP contribution is 2.12. The van der Waals surface area contributed by atoms with Crippen LogP contribution in [0.5, 0.6) is 0 Å². The second-order valence-electron chi connectivity index (χ2n) is 18.7. The first kappa shape index (κ1) is 62.9. The molecule has 0 aliphatic heterocycles. The Morgan fingerprint density at radius 2 is 0.982 bits per heavy atom. The zero-order chi connectivity index (χ0) is 44.5. The Morgan fingerprint density at radius 3 is 1.27 bits per heavy atom. The number of nitrogens with one attached hydrogen (secondary N) is 1. The van der Waals surface area contributed by atoms with Gasteiger partial charge in [-0.25, -0.2) is 0 Å². The van der Waals surface area contributed by atoms with Gasteiger partial charge in [-0.15, -0.1) is 0 Å². The number of hydrogen-bond donors (Lipinski definition) is 3. The first-order valence-corrected chi connectivity index (χ1v) is 23.1. The zero-order valence-corrected chi connectivity index (χ0v) is 41.7. The van der Waals surface area contributed by atoms with E-state index in [-0.39, 0.29) is 0 Å². The Morgan fingerprint density at radius 1 is 0.571 bits per heavy atom. The van der Waals surface area contributed by atoms with Gasteiger partial charge in [0.25, 0.3) is 0 Å². The fraction of sp³-hybridized carbons (Fsp3) is 0.736. The number of unbranched alkanes of at least 4 members (excludes halogenated alkanes) is 1. The molecule has 0 spiro atoms. The van der Waals surface area contributed by atoms with Gasteiger partial charge in [0.1, 0.15) is 0 Å². The van der Waals surface area contributed by atoms with Crippen molar-refractivity contribution in [1.29, 1.82) is 0 Å². The average molecular weight is 784 g/mol. The van der Waals surface area contributed by atoms with Gasteiger partial charge in [-0.05, 0) is 110 Å². The van der Waals surface area contributed by atoms with Crippen molar-refractivity contribution in [2.75, 3.05) is 13.1 Å². The first-order valence-electron chi connectivity index (χ1n) is 23.1. The third-order valence-electron chi connectivity index (χ3n) is 8.52. The van der Waals surface area contributed by atoms with E-state index in [1.54, 1.807) is 0 Å². The molecule has 0 heterocycles. The van der Waals surface area contributed by atoms with Crippen molar-refractivity contribution in [3.63, 3.8) is 0 Å². The molecule has 0 bridgehead atoms. The normalized spacial score (nSPS) is 10.8. The highest BCUT2D eigenvalue weighted by atomic mass is 15.0. The maximum atomic E-state index is 5.31. The molecule has 0 aliphatic rings. The van der Waals surface area contributed by atoms with Crippen molar-refractivity contribution < 1.29 is 0 Å². The van der Waals surface area contributed by atoms with E-state index in [9.17, 15) is 0 Å². The third-order valence-corrected chi connectivity index (χ3v) is 8.52. The number of rotatable bonds is 17. The summed E-state index contributed by atoms with van der Waals surface area (Å²) in [5.74, 6) is 7.25. The Labute approximate surface area is 355 Å². The fourth-order valence-corrected chi connectivity index (χ4v) is 5.15. The summed E-state index contributed by atoms with van der Waals surface area (Å²) in [4.78, 5) is 0. The molecule has 0 aromatic heterocycles. The van der Waals surface area contributed by atoms with Crippen molar-refractivity contribution in [3.8, 4) is 0 Å². The van der Waals surface area contributed by atoms with E-state index in [4.69, 9.17) is 11.5 Å². The average Bonchev–Trinajstić information content (AvgIpc) is 3.08. The van der Waals surface area contributed by atoms with Crippen LogP contribution in [-0.4, -0.2) is 13.1 Å². The molecule has 0 fully saturated rings. The number of hydrogen-bond acceptors (Lipinski definition) is 3. The standard InChI is InChI=1S/C11H16.C10H14.C8H18N2.C7H17N.2C7H16.C3H8/c1-9(2)8-11-6-4-10(3)5-7-11;1-9(2)8-10-6-4-3-5-7-10;1-7(2)5-4-6-10-8(3)9;1-7(2)5-3-4-6-8;1-6(2)5-7(3)4;1-5-7(4)6(2)3;1-3-2/h4-7,9H,8H2,1-3H3;3-7,9H,8H2,1-2H3;7,10H,3-6,9H2,1-2H3;7H,3-6,8H2,1-2H3;2*6-7H,5H2,1-4H3;3H2,1-2H3. The highest BCUT2D eigenvalue weighted by Gasteiger charge is 2.01. The molecule has 3 heteroatoms. The fourth-order valence-electron chi connectivity index (χ4n) is 5.15. The van der Waals surface area contributed by atoms with Gasteiger partial charge in [-0.1, -0.05) is 217 Å². The van der Waals surface area contributed by atoms with Crippen LogP contribution in [-0.2, 0) is 12.8 Å². The lowest BCUT2D eigenvalue weighted by Gasteiger charge is -2.10. The van der Waals surface area contributed by atoms with Crippen LogP contribution in [0.1, 0.15) is 193 Å². The maximum Gasteiger partial charge on any atom is 0.0885 e. The van der Waals surface area contributed by atoms with Gasteiger partial charge in [0.2, 0.25) is 0 Å². The minimum Gasteiger partial charge on any atom is -0.386 e. The molecular formula is C53H105N3. The van der Waals surface area contributed by atoms with Gasteiger partial charge in [0, 0.05) is 6.54 Å². The van der Waals surface area contributed by atoms with Gasteiger partial charge >= 0.3 is 0 Å². The molecule has 56 heavy (non-hydrogen) atoms.